The van der Waals surface area contributed by atoms with Crippen molar-refractivity contribution in [2.75, 3.05) is 38.0 Å². The van der Waals surface area contributed by atoms with Gasteiger partial charge in [0.15, 0.2) is 0 Å². The molecule has 1 saturated heterocycles. The van der Waals surface area contributed by atoms with Gasteiger partial charge >= 0.3 is 0 Å². The van der Waals surface area contributed by atoms with Gasteiger partial charge in [0.25, 0.3) is 0 Å². The number of piperazine rings is 1. The van der Waals surface area contributed by atoms with Crippen LogP contribution in [0.2, 0.25) is 0 Å². The summed E-state index contributed by atoms with van der Waals surface area (Å²) >= 11 is 0. The second-order valence-electron chi connectivity index (χ2n) is 7.54. The minimum absolute atomic E-state index is 0.0372. The molecule has 0 radical (unpaired) electrons. The summed E-state index contributed by atoms with van der Waals surface area (Å²) < 4.78 is 1.77. The van der Waals surface area contributed by atoms with E-state index < -0.39 is 0 Å². The van der Waals surface area contributed by atoms with Gasteiger partial charge in [-0.1, -0.05) is 20.8 Å². The molecule has 2 heterocycles. The Morgan fingerprint density at radius 3 is 2.17 bits per heavy atom. The van der Waals surface area contributed by atoms with Crippen LogP contribution in [-0.2, 0) is 16.6 Å². The molecule has 1 aromatic rings. The first-order valence-electron chi connectivity index (χ1n) is 8.41. The monoisotopic (exact) mass is 335 g/mol. The predicted molar refractivity (Wildman–Crippen MR) is 93.8 cm³/mol. The van der Waals surface area contributed by atoms with Gasteiger partial charge in [-0.3, -0.25) is 19.2 Å². The Kier molecular flexibility index (Phi) is 5.32. The van der Waals surface area contributed by atoms with E-state index in [9.17, 15) is 9.59 Å². The van der Waals surface area contributed by atoms with E-state index in [0.29, 0.717) is 19.6 Å². The molecule has 0 unspecified atom stereocenters. The molecule has 0 spiro atoms. The lowest BCUT2D eigenvalue weighted by Crippen LogP contribution is -2.52. The van der Waals surface area contributed by atoms with Crippen LogP contribution in [-0.4, -0.2) is 64.1 Å². The number of hydrogen-bond acceptors (Lipinski definition) is 4. The zero-order chi connectivity index (χ0) is 18.1. The van der Waals surface area contributed by atoms with Crippen molar-refractivity contribution in [3.05, 3.63) is 11.4 Å². The van der Waals surface area contributed by atoms with E-state index in [0.717, 1.165) is 30.2 Å². The molecule has 1 N–H and O–H groups in total. The molecule has 2 amide bonds. The largest absolute Gasteiger partial charge is 0.340 e. The lowest BCUT2D eigenvalue weighted by atomic mass is 9.94. The number of nitrogens with zero attached hydrogens (tertiary/aromatic N) is 4. The fraction of sp³-hybridized carbons (Fsp3) is 0.706. The van der Waals surface area contributed by atoms with Gasteiger partial charge in [-0.15, -0.1) is 0 Å². The first-order valence-corrected chi connectivity index (χ1v) is 8.41. The highest BCUT2D eigenvalue weighted by molar-refractivity contribution is 5.93. The third-order valence-electron chi connectivity index (χ3n) is 4.44. The molecule has 0 bridgehead atoms. The Bertz CT molecular complexity index is 622. The number of nitrogens with one attached hydrogen (secondary N) is 1. The molecule has 134 valence electrons. The standard InChI is InChI=1S/C17H29N5O2/c1-12-15(13(2)20(6)19-12)18-14(23)11-21-7-9-22(10-8-21)16(24)17(3,4)5/h7-11H2,1-6H3,(H,18,23). The molecule has 0 atom stereocenters. The summed E-state index contributed by atoms with van der Waals surface area (Å²) in [6.45, 7) is 12.8. The summed E-state index contributed by atoms with van der Waals surface area (Å²) in [5, 5.41) is 7.27. The molecule has 0 saturated carbocycles. The Hall–Kier alpha value is -1.89. The number of amides is 2. The highest BCUT2D eigenvalue weighted by Gasteiger charge is 2.30. The van der Waals surface area contributed by atoms with Crippen molar-refractivity contribution in [2.45, 2.75) is 34.6 Å². The van der Waals surface area contributed by atoms with Gasteiger partial charge in [0.05, 0.1) is 23.6 Å². The maximum absolute atomic E-state index is 12.3. The number of carbonyl (C=O) groups excluding carboxylic acids is 2. The Balaban J connectivity index is 1.85. The SMILES string of the molecule is Cc1nn(C)c(C)c1NC(=O)CN1CCN(C(=O)C(C)(C)C)CC1. The topological polar surface area (TPSA) is 70.5 Å². The van der Waals surface area contributed by atoms with E-state index in [2.05, 4.69) is 15.3 Å². The Morgan fingerprint density at radius 1 is 1.12 bits per heavy atom. The molecule has 1 aromatic heterocycles. The maximum Gasteiger partial charge on any atom is 0.238 e. The fourth-order valence-electron chi connectivity index (χ4n) is 2.92. The van der Waals surface area contributed by atoms with Crippen LogP contribution in [0.25, 0.3) is 0 Å². The molecule has 0 aliphatic carbocycles. The van der Waals surface area contributed by atoms with Crippen LogP contribution < -0.4 is 5.32 Å². The van der Waals surface area contributed by atoms with Gasteiger partial charge < -0.3 is 10.2 Å². The maximum atomic E-state index is 12.3. The molecule has 24 heavy (non-hydrogen) atoms. The van der Waals surface area contributed by atoms with Crippen molar-refractivity contribution >= 4 is 17.5 Å². The molecule has 2 rings (SSSR count). The van der Waals surface area contributed by atoms with Crippen molar-refractivity contribution in [3.63, 3.8) is 0 Å². The van der Waals surface area contributed by atoms with Gasteiger partial charge in [-0.25, -0.2) is 0 Å². The first kappa shape index (κ1) is 18.4. The summed E-state index contributed by atoms with van der Waals surface area (Å²) in [5.74, 6) is 0.137. The normalized spacial score (nSPS) is 16.3. The van der Waals surface area contributed by atoms with E-state index >= 15 is 0 Å². The lowest BCUT2D eigenvalue weighted by molar-refractivity contribution is -0.141. The Morgan fingerprint density at radius 2 is 1.71 bits per heavy atom. The average Bonchev–Trinajstić information content (AvgIpc) is 2.73. The van der Waals surface area contributed by atoms with Crippen LogP contribution >= 0.6 is 0 Å². The number of anilines is 1. The molecule has 7 heteroatoms. The molecule has 1 fully saturated rings. The third-order valence-corrected chi connectivity index (χ3v) is 4.44. The Labute approximate surface area is 144 Å². The van der Waals surface area contributed by atoms with E-state index in [1.165, 1.54) is 0 Å². The molecular formula is C17H29N5O2. The molecule has 1 aliphatic heterocycles. The van der Waals surface area contributed by atoms with Crippen LogP contribution in [0.3, 0.4) is 0 Å². The number of hydrogen-bond donors (Lipinski definition) is 1. The molecular weight excluding hydrogens is 306 g/mol. The average molecular weight is 335 g/mol. The van der Waals surface area contributed by atoms with E-state index in [1.54, 1.807) is 4.68 Å². The molecule has 7 nitrogen and oxygen atoms in total. The summed E-state index contributed by atoms with van der Waals surface area (Å²) in [7, 11) is 1.86. The second kappa shape index (κ2) is 6.93. The van der Waals surface area contributed by atoms with E-state index in [4.69, 9.17) is 0 Å². The van der Waals surface area contributed by atoms with Crippen molar-refractivity contribution < 1.29 is 9.59 Å². The zero-order valence-corrected chi connectivity index (χ0v) is 15.6. The summed E-state index contributed by atoms with van der Waals surface area (Å²) in [6, 6.07) is 0. The summed E-state index contributed by atoms with van der Waals surface area (Å²) in [6.07, 6.45) is 0. The van der Waals surface area contributed by atoms with Crippen molar-refractivity contribution in [2.24, 2.45) is 12.5 Å². The minimum atomic E-state index is -0.352. The summed E-state index contributed by atoms with van der Waals surface area (Å²) in [5.41, 5.74) is 2.21. The van der Waals surface area contributed by atoms with Crippen LogP contribution in [0, 0.1) is 19.3 Å². The molecule has 1 aliphatic rings. The summed E-state index contributed by atoms with van der Waals surface area (Å²) in [4.78, 5) is 28.6. The van der Waals surface area contributed by atoms with E-state index in [1.807, 2.05) is 46.6 Å². The smallest absolute Gasteiger partial charge is 0.238 e. The first-order chi connectivity index (χ1) is 11.1. The van der Waals surface area contributed by atoms with Crippen molar-refractivity contribution in [1.29, 1.82) is 0 Å². The zero-order valence-electron chi connectivity index (χ0n) is 15.6. The highest BCUT2D eigenvalue weighted by Crippen LogP contribution is 2.20. The van der Waals surface area contributed by atoms with Gasteiger partial charge in [0.1, 0.15) is 0 Å². The van der Waals surface area contributed by atoms with Gasteiger partial charge in [0, 0.05) is 38.6 Å². The highest BCUT2D eigenvalue weighted by atomic mass is 16.2. The second-order valence-corrected chi connectivity index (χ2v) is 7.54. The fourth-order valence-corrected chi connectivity index (χ4v) is 2.92. The molecule has 0 aromatic carbocycles. The quantitative estimate of drug-likeness (QED) is 0.900. The number of carbonyl (C=O) groups is 2. The third kappa shape index (κ3) is 4.14. The number of aryl methyl sites for hydroxylation is 2. The minimum Gasteiger partial charge on any atom is -0.340 e. The predicted octanol–water partition coefficient (Wildman–Crippen LogP) is 1.17. The number of aromatic nitrogens is 2. The van der Waals surface area contributed by atoms with Gasteiger partial charge in [0.2, 0.25) is 11.8 Å². The van der Waals surface area contributed by atoms with E-state index in [-0.39, 0.29) is 17.2 Å². The lowest BCUT2D eigenvalue weighted by Gasteiger charge is -2.37. The van der Waals surface area contributed by atoms with Gasteiger partial charge in [-0.2, -0.15) is 5.10 Å². The van der Waals surface area contributed by atoms with Gasteiger partial charge in [-0.05, 0) is 13.8 Å². The van der Waals surface area contributed by atoms with Crippen LogP contribution in [0.5, 0.6) is 0 Å². The van der Waals surface area contributed by atoms with Crippen LogP contribution in [0.4, 0.5) is 5.69 Å². The number of rotatable bonds is 3. The van der Waals surface area contributed by atoms with Crippen LogP contribution in [0.1, 0.15) is 32.2 Å². The van der Waals surface area contributed by atoms with Crippen molar-refractivity contribution in [3.8, 4) is 0 Å². The van der Waals surface area contributed by atoms with Crippen LogP contribution in [0.15, 0.2) is 0 Å². The van der Waals surface area contributed by atoms with Crippen molar-refractivity contribution in [1.82, 2.24) is 19.6 Å².